The summed E-state index contributed by atoms with van der Waals surface area (Å²) in [6.45, 7) is 1.91. The van der Waals surface area contributed by atoms with Gasteiger partial charge in [-0.15, -0.1) is 5.10 Å². The Hall–Kier alpha value is -1.54. The van der Waals surface area contributed by atoms with E-state index in [9.17, 15) is 9.59 Å². The maximum absolute atomic E-state index is 11.8. The number of aromatic amines is 1. The first-order valence-electron chi connectivity index (χ1n) is 5.27. The Labute approximate surface area is 121 Å². The zero-order valence-corrected chi connectivity index (χ0v) is 12.3. The molecule has 2 aromatic rings. The van der Waals surface area contributed by atoms with Crippen LogP contribution in [0.15, 0.2) is 32.6 Å². The molecular weight excluding hydrogens is 334 g/mol. The fourth-order valence-electron chi connectivity index (χ4n) is 1.50. The van der Waals surface area contributed by atoms with Crippen molar-refractivity contribution >= 4 is 33.7 Å². The van der Waals surface area contributed by atoms with Crippen LogP contribution in [-0.4, -0.2) is 31.6 Å². The van der Waals surface area contributed by atoms with Gasteiger partial charge in [-0.2, -0.15) is 0 Å². The molecule has 0 saturated heterocycles. The topological polar surface area (TPSA) is 88.0 Å². The van der Waals surface area contributed by atoms with E-state index in [1.165, 1.54) is 4.57 Å². The number of carboxylic acids is 1. The molecule has 0 fully saturated rings. The number of H-pyrrole nitrogens is 1. The number of carbonyl (C=O) groups is 1. The largest absolute Gasteiger partial charge is 0.481 e. The highest BCUT2D eigenvalue weighted by molar-refractivity contribution is 9.10. The molecule has 8 heteroatoms. The first-order valence-corrected chi connectivity index (χ1v) is 7.05. The van der Waals surface area contributed by atoms with Crippen molar-refractivity contribution in [3.63, 3.8) is 0 Å². The summed E-state index contributed by atoms with van der Waals surface area (Å²) in [6, 6.07) is 5.42. The number of hydrogen-bond donors (Lipinski definition) is 2. The Morgan fingerprint density at radius 2 is 2.32 bits per heavy atom. The lowest BCUT2D eigenvalue weighted by atomic mass is 10.2. The normalized spacial score (nSPS) is 10.6. The Balaban J connectivity index is 2.43. The number of aryl methyl sites for hydroxylation is 1. The number of rotatable bonds is 4. The fraction of sp³-hybridized carbons (Fsp3) is 0.182. The zero-order chi connectivity index (χ0) is 14.0. The van der Waals surface area contributed by atoms with Gasteiger partial charge in [0.25, 0.3) is 0 Å². The van der Waals surface area contributed by atoms with Gasteiger partial charge in [-0.1, -0.05) is 27.7 Å². The molecule has 0 unspecified atom stereocenters. The Morgan fingerprint density at radius 3 is 2.95 bits per heavy atom. The van der Waals surface area contributed by atoms with E-state index in [1.54, 1.807) is 6.07 Å². The molecule has 2 N–H and O–H groups in total. The Bertz CT molecular complexity index is 680. The van der Waals surface area contributed by atoms with E-state index in [4.69, 9.17) is 5.11 Å². The number of aliphatic carboxylic acids is 1. The maximum Gasteiger partial charge on any atom is 0.348 e. The molecule has 0 spiro atoms. The summed E-state index contributed by atoms with van der Waals surface area (Å²) in [5, 5.41) is 15.2. The van der Waals surface area contributed by atoms with Crippen LogP contribution < -0.4 is 5.69 Å². The van der Waals surface area contributed by atoms with Gasteiger partial charge in [0.1, 0.15) is 0 Å². The summed E-state index contributed by atoms with van der Waals surface area (Å²) < 4.78 is 2.29. The number of aromatic nitrogens is 3. The van der Waals surface area contributed by atoms with Gasteiger partial charge in [0.15, 0.2) is 5.16 Å². The van der Waals surface area contributed by atoms with E-state index in [-0.39, 0.29) is 5.75 Å². The molecular formula is C11H10BrN3O3S. The highest BCUT2D eigenvalue weighted by atomic mass is 79.9. The summed E-state index contributed by atoms with van der Waals surface area (Å²) in [6.07, 6.45) is 0. The van der Waals surface area contributed by atoms with Crippen LogP contribution in [0.2, 0.25) is 0 Å². The Kier molecular flexibility index (Phi) is 4.11. The standard InChI is InChI=1S/C11H10BrN3O3S/c1-6-4-7(2-3-8(6)12)15-10(18)13-14-11(15)19-5-9(16)17/h2-4H,5H2,1H3,(H,13,18)(H,16,17). The Morgan fingerprint density at radius 1 is 1.58 bits per heavy atom. The molecule has 6 nitrogen and oxygen atoms in total. The first kappa shape index (κ1) is 13.9. The smallest absolute Gasteiger partial charge is 0.348 e. The van der Waals surface area contributed by atoms with Crippen LogP contribution in [-0.2, 0) is 4.79 Å². The van der Waals surface area contributed by atoms with E-state index in [1.807, 2.05) is 19.1 Å². The fourth-order valence-corrected chi connectivity index (χ4v) is 2.43. The molecule has 0 aliphatic rings. The van der Waals surface area contributed by atoms with Gasteiger partial charge in [0.2, 0.25) is 0 Å². The van der Waals surface area contributed by atoms with Gasteiger partial charge < -0.3 is 5.11 Å². The predicted octanol–water partition coefficient (Wildman–Crippen LogP) is 1.81. The van der Waals surface area contributed by atoms with Gasteiger partial charge in [-0.05, 0) is 30.7 Å². The molecule has 2 rings (SSSR count). The van der Waals surface area contributed by atoms with Crippen LogP contribution in [0.25, 0.3) is 5.69 Å². The van der Waals surface area contributed by atoms with Crippen molar-refractivity contribution in [3.05, 3.63) is 38.7 Å². The van der Waals surface area contributed by atoms with Crippen LogP contribution in [0.4, 0.5) is 0 Å². The minimum Gasteiger partial charge on any atom is -0.481 e. The average Bonchev–Trinajstić information content (AvgIpc) is 2.71. The van der Waals surface area contributed by atoms with Crippen molar-refractivity contribution in [3.8, 4) is 5.69 Å². The second-order valence-corrected chi connectivity index (χ2v) is 5.56. The molecule has 19 heavy (non-hydrogen) atoms. The molecule has 0 radical (unpaired) electrons. The summed E-state index contributed by atoms with van der Waals surface area (Å²) in [5.74, 6) is -1.11. The number of hydrogen-bond acceptors (Lipinski definition) is 4. The molecule has 1 aromatic carbocycles. The van der Waals surface area contributed by atoms with Crippen molar-refractivity contribution < 1.29 is 9.90 Å². The number of nitrogens with one attached hydrogen (secondary N) is 1. The molecule has 1 heterocycles. The van der Waals surface area contributed by atoms with Crippen LogP contribution in [0, 0.1) is 6.92 Å². The number of carboxylic acid groups (broad SMARTS) is 1. The highest BCUT2D eigenvalue weighted by Gasteiger charge is 2.13. The maximum atomic E-state index is 11.8. The molecule has 0 aliphatic carbocycles. The molecule has 0 bridgehead atoms. The quantitative estimate of drug-likeness (QED) is 0.826. The summed E-state index contributed by atoms with van der Waals surface area (Å²) in [5.41, 5.74) is 1.22. The number of benzene rings is 1. The molecule has 0 amide bonds. The molecule has 1 aromatic heterocycles. The lowest BCUT2D eigenvalue weighted by molar-refractivity contribution is -0.133. The second-order valence-electron chi connectivity index (χ2n) is 3.76. The average molecular weight is 344 g/mol. The van der Waals surface area contributed by atoms with Gasteiger partial charge in [-0.25, -0.2) is 14.5 Å². The predicted molar refractivity (Wildman–Crippen MR) is 75.0 cm³/mol. The van der Waals surface area contributed by atoms with E-state index >= 15 is 0 Å². The number of halogens is 1. The van der Waals surface area contributed by atoms with E-state index in [0.29, 0.717) is 10.8 Å². The summed E-state index contributed by atoms with van der Waals surface area (Å²) in [4.78, 5) is 22.3. The number of thioether (sulfide) groups is 1. The van der Waals surface area contributed by atoms with Crippen molar-refractivity contribution in [1.29, 1.82) is 0 Å². The van der Waals surface area contributed by atoms with E-state index in [0.717, 1.165) is 21.8 Å². The van der Waals surface area contributed by atoms with Gasteiger partial charge in [0.05, 0.1) is 11.4 Å². The van der Waals surface area contributed by atoms with Gasteiger partial charge in [0, 0.05) is 4.47 Å². The lowest BCUT2D eigenvalue weighted by Crippen LogP contribution is -2.16. The highest BCUT2D eigenvalue weighted by Crippen LogP contribution is 2.22. The second kappa shape index (κ2) is 5.62. The van der Waals surface area contributed by atoms with E-state index < -0.39 is 11.7 Å². The third-order valence-electron chi connectivity index (χ3n) is 2.37. The molecule has 0 atom stereocenters. The van der Waals surface area contributed by atoms with Gasteiger partial charge in [-0.3, -0.25) is 4.79 Å². The zero-order valence-electron chi connectivity index (χ0n) is 9.88. The minimum absolute atomic E-state index is 0.153. The van der Waals surface area contributed by atoms with Crippen molar-refractivity contribution in [2.24, 2.45) is 0 Å². The molecule has 0 saturated carbocycles. The number of nitrogens with zero attached hydrogens (tertiary/aromatic N) is 2. The van der Waals surface area contributed by atoms with Crippen molar-refractivity contribution in [2.75, 3.05) is 5.75 Å². The third-order valence-corrected chi connectivity index (χ3v) is 4.18. The first-order chi connectivity index (χ1) is 8.99. The minimum atomic E-state index is -0.959. The van der Waals surface area contributed by atoms with Crippen LogP contribution in [0.1, 0.15) is 5.56 Å². The van der Waals surface area contributed by atoms with Crippen LogP contribution in [0.5, 0.6) is 0 Å². The van der Waals surface area contributed by atoms with E-state index in [2.05, 4.69) is 26.1 Å². The SMILES string of the molecule is Cc1cc(-n2c(SCC(=O)O)n[nH]c2=O)ccc1Br. The van der Waals surface area contributed by atoms with Crippen molar-refractivity contribution in [2.45, 2.75) is 12.1 Å². The van der Waals surface area contributed by atoms with Crippen LogP contribution >= 0.6 is 27.7 Å². The summed E-state index contributed by atoms with van der Waals surface area (Å²) in [7, 11) is 0. The van der Waals surface area contributed by atoms with Crippen molar-refractivity contribution in [1.82, 2.24) is 14.8 Å². The van der Waals surface area contributed by atoms with Gasteiger partial charge >= 0.3 is 11.7 Å². The van der Waals surface area contributed by atoms with Crippen LogP contribution in [0.3, 0.4) is 0 Å². The summed E-state index contributed by atoms with van der Waals surface area (Å²) >= 11 is 4.38. The molecule has 0 aliphatic heterocycles. The third kappa shape index (κ3) is 3.07. The molecule has 100 valence electrons. The lowest BCUT2D eigenvalue weighted by Gasteiger charge is -2.06. The monoisotopic (exact) mass is 343 g/mol.